The molecule has 4 aliphatic heterocycles. The van der Waals surface area contributed by atoms with Gasteiger partial charge in [-0.25, -0.2) is 0 Å². The van der Waals surface area contributed by atoms with Crippen molar-refractivity contribution in [1.29, 1.82) is 0 Å². The lowest BCUT2D eigenvalue weighted by Crippen LogP contribution is -2.46. The fourth-order valence-corrected chi connectivity index (χ4v) is 8.44. The quantitative estimate of drug-likeness (QED) is 0.240. The minimum Gasteiger partial charge on any atom is -0.371 e. The van der Waals surface area contributed by atoms with E-state index in [4.69, 9.17) is 0 Å². The summed E-state index contributed by atoms with van der Waals surface area (Å²) in [5.41, 5.74) is 11.9. The van der Waals surface area contributed by atoms with E-state index >= 15 is 0 Å². The maximum Gasteiger partial charge on any atom is 0.129 e. The molecule has 4 aliphatic rings. The number of benzene rings is 2. The van der Waals surface area contributed by atoms with E-state index in [-0.39, 0.29) is 0 Å². The van der Waals surface area contributed by atoms with Gasteiger partial charge in [-0.3, -0.25) is 0 Å². The highest BCUT2D eigenvalue weighted by Crippen LogP contribution is 2.26. The minimum atomic E-state index is -1.29. The molecule has 47 heavy (non-hydrogen) atoms. The second-order valence-corrected chi connectivity index (χ2v) is 25.9. The fraction of sp³-hybridized carbons (Fsp3) is 0.610. The molecule has 4 nitrogen and oxygen atoms in total. The molecule has 0 atom stereocenters. The third kappa shape index (κ3) is 11.6. The van der Waals surface area contributed by atoms with Gasteiger partial charge in [-0.15, -0.1) is 11.1 Å². The average Bonchev–Trinajstić information content (AvgIpc) is 3.63. The molecule has 6 heteroatoms. The Hall–Kier alpha value is -2.49. The van der Waals surface area contributed by atoms with Crippen molar-refractivity contribution in [3.63, 3.8) is 0 Å². The van der Waals surface area contributed by atoms with Gasteiger partial charge in [-0.2, -0.15) is 0 Å². The Morgan fingerprint density at radius 3 is 1.09 bits per heavy atom. The lowest BCUT2D eigenvalue weighted by atomic mass is 9.99. The van der Waals surface area contributed by atoms with E-state index in [2.05, 4.69) is 130 Å². The molecule has 4 fully saturated rings. The number of hydrogen-bond acceptors (Lipinski definition) is 4. The molecule has 0 radical (unpaired) electrons. The molecule has 0 unspecified atom stereocenters. The largest absolute Gasteiger partial charge is 0.371 e. The van der Waals surface area contributed by atoms with Crippen molar-refractivity contribution < 1.29 is 0 Å². The third-order valence-corrected chi connectivity index (χ3v) is 11.9. The first-order valence-corrected chi connectivity index (χ1v) is 25.8. The number of piperidine rings is 3. The monoisotopic (exact) mass is 666 g/mol. The Morgan fingerprint density at radius 2 is 0.766 bits per heavy atom. The van der Waals surface area contributed by atoms with Crippen LogP contribution in [0.25, 0.3) is 0 Å². The van der Waals surface area contributed by atoms with Crippen molar-refractivity contribution in [2.75, 3.05) is 62.2 Å². The van der Waals surface area contributed by atoms with Crippen LogP contribution in [0.4, 0.5) is 11.4 Å². The predicted molar refractivity (Wildman–Crippen MR) is 210 cm³/mol. The van der Waals surface area contributed by atoms with Crippen LogP contribution in [0.3, 0.4) is 0 Å². The van der Waals surface area contributed by atoms with E-state index in [0.29, 0.717) is 0 Å². The molecular weight excluding hydrogens is 605 g/mol. The normalized spacial score (nSPS) is 20.5. The van der Waals surface area contributed by atoms with Crippen LogP contribution < -0.4 is 9.80 Å². The van der Waals surface area contributed by atoms with Crippen LogP contribution in [0.1, 0.15) is 68.9 Å². The maximum atomic E-state index is 3.45. The van der Waals surface area contributed by atoms with Crippen LogP contribution in [-0.2, 0) is 0 Å². The second kappa shape index (κ2) is 16.8. The summed E-state index contributed by atoms with van der Waals surface area (Å²) < 4.78 is 0. The van der Waals surface area contributed by atoms with Crippen molar-refractivity contribution in [2.45, 2.75) is 109 Å². The smallest absolute Gasteiger partial charge is 0.129 e. The van der Waals surface area contributed by atoms with Gasteiger partial charge in [-0.05, 0) is 126 Å². The Bertz CT molecular complexity index is 1360. The van der Waals surface area contributed by atoms with Crippen LogP contribution in [0.15, 0.2) is 48.5 Å². The van der Waals surface area contributed by atoms with Gasteiger partial charge in [0.2, 0.25) is 0 Å². The molecule has 0 bridgehead atoms. The summed E-state index contributed by atoms with van der Waals surface area (Å²) in [4.78, 5) is 10.6. The third-order valence-electron chi connectivity index (χ3n) is 10.1. The van der Waals surface area contributed by atoms with Crippen molar-refractivity contribution in [2.24, 2.45) is 0 Å². The molecule has 0 saturated carbocycles. The molecule has 4 saturated heterocycles. The van der Waals surface area contributed by atoms with Crippen LogP contribution in [0.5, 0.6) is 0 Å². The molecule has 2 aromatic rings. The maximum absolute atomic E-state index is 3.45. The van der Waals surface area contributed by atoms with E-state index in [1.807, 2.05) is 0 Å². The van der Waals surface area contributed by atoms with Gasteiger partial charge >= 0.3 is 0 Å². The first kappa shape index (κ1) is 35.8. The number of anilines is 2. The van der Waals surface area contributed by atoms with Crippen LogP contribution in [-0.4, -0.2) is 90.4 Å². The molecule has 0 aliphatic carbocycles. The topological polar surface area (TPSA) is 13.0 Å². The standard InChI is InChI=1S/C21H32N2Si.C20H30N2Si/c1-24(2,3)18-13-19-7-9-20(10-8-19)23-16-11-21(12-17-23)22-14-5-4-6-15-22;1-23(2,3)17-12-18-6-8-19(9-7-18)22-15-10-20(11-16-22)21-13-4-5-14-21/h7-10,21H,4-6,11-12,14-17H2,1-3H3;6-9,20H,4-5,10-11,13-16H2,1-3H3. The minimum absolute atomic E-state index is 0.823. The highest BCUT2D eigenvalue weighted by molar-refractivity contribution is 6.84. The zero-order chi connectivity index (χ0) is 33.3. The first-order valence-electron chi connectivity index (χ1n) is 18.8. The van der Waals surface area contributed by atoms with E-state index < -0.39 is 16.1 Å². The Kier molecular flexibility index (Phi) is 12.8. The molecule has 2 aromatic carbocycles. The SMILES string of the molecule is C[Si](C)(C)C#Cc1ccc(N2CCC(N3CCCC3)CC2)cc1.C[Si](C)(C)C#Cc1ccc(N2CCC(N3CCCCC3)CC2)cc1. The van der Waals surface area contributed by atoms with Crippen molar-refractivity contribution in [3.8, 4) is 22.9 Å². The van der Waals surface area contributed by atoms with Crippen LogP contribution in [0, 0.1) is 22.9 Å². The molecule has 4 heterocycles. The highest BCUT2D eigenvalue weighted by Gasteiger charge is 2.27. The average molecular weight is 667 g/mol. The Morgan fingerprint density at radius 1 is 0.447 bits per heavy atom. The van der Waals surface area contributed by atoms with E-state index in [1.54, 1.807) is 0 Å². The molecule has 0 spiro atoms. The molecular formula is C41H62N4Si2. The van der Waals surface area contributed by atoms with Gasteiger partial charge in [0.25, 0.3) is 0 Å². The summed E-state index contributed by atoms with van der Waals surface area (Å²) in [6.45, 7) is 23.8. The predicted octanol–water partition coefficient (Wildman–Crippen LogP) is 8.35. The summed E-state index contributed by atoms with van der Waals surface area (Å²) in [5.74, 6) is 6.70. The lowest BCUT2D eigenvalue weighted by Gasteiger charge is -2.41. The van der Waals surface area contributed by atoms with Gasteiger partial charge in [-0.1, -0.05) is 57.5 Å². The molecule has 254 valence electrons. The van der Waals surface area contributed by atoms with Gasteiger partial charge in [0, 0.05) is 60.8 Å². The summed E-state index contributed by atoms with van der Waals surface area (Å²) in [7, 11) is -2.57. The van der Waals surface area contributed by atoms with Gasteiger partial charge in [0.05, 0.1) is 0 Å². The summed E-state index contributed by atoms with van der Waals surface area (Å²) in [6.07, 6.45) is 12.3. The second-order valence-electron chi connectivity index (χ2n) is 16.4. The molecule has 0 amide bonds. The summed E-state index contributed by atoms with van der Waals surface area (Å²) >= 11 is 0. The number of likely N-dealkylation sites (tertiary alicyclic amines) is 2. The summed E-state index contributed by atoms with van der Waals surface area (Å²) in [6, 6.07) is 19.4. The summed E-state index contributed by atoms with van der Waals surface area (Å²) in [5, 5.41) is 0. The lowest BCUT2D eigenvalue weighted by molar-refractivity contribution is 0.141. The van der Waals surface area contributed by atoms with Gasteiger partial charge in [0.15, 0.2) is 0 Å². The van der Waals surface area contributed by atoms with Gasteiger partial charge in [0.1, 0.15) is 16.1 Å². The number of rotatable bonds is 4. The molecule has 0 aromatic heterocycles. The fourth-order valence-electron chi connectivity index (χ4n) is 7.40. The molecule has 0 N–H and O–H groups in total. The number of nitrogens with zero attached hydrogens (tertiary/aromatic N) is 4. The van der Waals surface area contributed by atoms with E-state index in [1.165, 1.54) is 122 Å². The Labute approximate surface area is 290 Å². The van der Waals surface area contributed by atoms with E-state index in [9.17, 15) is 0 Å². The molecule has 6 rings (SSSR count). The van der Waals surface area contributed by atoms with Crippen molar-refractivity contribution in [3.05, 3.63) is 59.7 Å². The van der Waals surface area contributed by atoms with Crippen molar-refractivity contribution >= 4 is 27.5 Å². The zero-order valence-corrected chi connectivity index (χ0v) is 32.6. The van der Waals surface area contributed by atoms with Gasteiger partial charge < -0.3 is 19.6 Å². The van der Waals surface area contributed by atoms with Crippen LogP contribution >= 0.6 is 0 Å². The number of hydrogen-bond donors (Lipinski definition) is 0. The van der Waals surface area contributed by atoms with Crippen molar-refractivity contribution in [1.82, 2.24) is 9.80 Å². The van der Waals surface area contributed by atoms with E-state index in [0.717, 1.165) is 23.2 Å². The zero-order valence-electron chi connectivity index (χ0n) is 30.6. The highest BCUT2D eigenvalue weighted by atomic mass is 28.3. The van der Waals surface area contributed by atoms with Crippen LogP contribution in [0.2, 0.25) is 39.3 Å². The first-order chi connectivity index (χ1) is 22.5. The Balaban J connectivity index is 0.000000185.